The molecular weight excluding hydrogens is 147 g/mol. The quantitative estimate of drug-likeness (QED) is 0.518. The Balaban J connectivity index is 3.01. The summed E-state index contributed by atoms with van der Waals surface area (Å²) < 4.78 is 12.8. The highest BCUT2D eigenvalue weighted by atomic mass is 19.1. The molecule has 0 spiro atoms. The zero-order valence-electron chi connectivity index (χ0n) is 6.47. The fourth-order valence-corrected chi connectivity index (χ4v) is 0.812. The van der Waals surface area contributed by atoms with Crippen LogP contribution in [-0.2, 0) is 0 Å². The van der Waals surface area contributed by atoms with Gasteiger partial charge >= 0.3 is 6.03 Å². The number of rotatable bonds is 0. The van der Waals surface area contributed by atoms with E-state index in [9.17, 15) is 9.18 Å². The first kappa shape index (κ1) is 7.78. The van der Waals surface area contributed by atoms with Gasteiger partial charge in [-0.05, 0) is 0 Å². The van der Waals surface area contributed by atoms with Crippen LogP contribution in [0.25, 0.3) is 0 Å². The smallest absolute Gasteiger partial charge is 0.301 e. The number of carbonyl (C=O) groups is 1. The maximum absolute atomic E-state index is 12.8. The first-order valence-electron chi connectivity index (χ1n) is 3.11. The molecule has 1 rings (SSSR count). The van der Waals surface area contributed by atoms with Crippen molar-refractivity contribution in [3.05, 3.63) is 24.3 Å². The number of hydrogen-bond acceptors (Lipinski definition) is 1. The van der Waals surface area contributed by atoms with Gasteiger partial charge in [0.25, 0.3) is 0 Å². The van der Waals surface area contributed by atoms with E-state index in [0.717, 1.165) is 11.1 Å². The van der Waals surface area contributed by atoms with Gasteiger partial charge in [-0.25, -0.2) is 9.18 Å². The van der Waals surface area contributed by atoms with Crippen molar-refractivity contribution in [2.24, 2.45) is 0 Å². The Bertz CT molecular complexity index is 247. The van der Waals surface area contributed by atoms with E-state index < -0.39 is 5.83 Å². The van der Waals surface area contributed by atoms with Crippen LogP contribution in [0.1, 0.15) is 0 Å². The molecule has 0 atom stereocenters. The number of urea groups is 1. The van der Waals surface area contributed by atoms with Crippen molar-refractivity contribution in [3.8, 4) is 0 Å². The number of likely N-dealkylation sites (N-methyl/N-ethyl adjacent to an activating group) is 1. The molecule has 3 nitrogen and oxygen atoms in total. The third kappa shape index (κ3) is 1.11. The Morgan fingerprint density at radius 2 is 2.09 bits per heavy atom. The monoisotopic (exact) mass is 156 g/mol. The van der Waals surface area contributed by atoms with Gasteiger partial charge in [-0.2, -0.15) is 0 Å². The molecule has 0 fully saturated rings. The minimum Gasteiger partial charge on any atom is -0.301 e. The van der Waals surface area contributed by atoms with Crippen molar-refractivity contribution in [3.63, 3.8) is 0 Å². The molecular formula is C7H9FN2O. The van der Waals surface area contributed by atoms with E-state index in [1.54, 1.807) is 0 Å². The average Bonchev–Trinajstić information content (AvgIpc) is 1.97. The molecule has 4 heteroatoms. The van der Waals surface area contributed by atoms with Crippen LogP contribution >= 0.6 is 0 Å². The minimum atomic E-state index is -0.477. The summed E-state index contributed by atoms with van der Waals surface area (Å²) in [6.07, 6.45) is 1.12. The number of amides is 2. The molecule has 0 aromatic rings. The van der Waals surface area contributed by atoms with Crippen molar-refractivity contribution in [2.75, 3.05) is 14.1 Å². The largest absolute Gasteiger partial charge is 0.328 e. The van der Waals surface area contributed by atoms with Crippen LogP contribution in [-0.4, -0.2) is 29.9 Å². The average molecular weight is 156 g/mol. The van der Waals surface area contributed by atoms with Gasteiger partial charge in [0.2, 0.25) is 0 Å². The van der Waals surface area contributed by atoms with Crippen LogP contribution in [0, 0.1) is 0 Å². The van der Waals surface area contributed by atoms with E-state index in [1.165, 1.54) is 19.0 Å². The molecule has 0 saturated carbocycles. The van der Waals surface area contributed by atoms with Crippen LogP contribution in [0.5, 0.6) is 0 Å². The highest BCUT2D eigenvalue weighted by molar-refractivity contribution is 5.79. The highest BCUT2D eigenvalue weighted by Crippen LogP contribution is 2.19. The minimum absolute atomic E-state index is 0.105. The van der Waals surface area contributed by atoms with Gasteiger partial charge in [0.15, 0.2) is 5.83 Å². The van der Waals surface area contributed by atoms with Crippen molar-refractivity contribution in [2.45, 2.75) is 0 Å². The van der Waals surface area contributed by atoms with Gasteiger partial charge in [0.1, 0.15) is 0 Å². The fourth-order valence-electron chi connectivity index (χ4n) is 0.812. The highest BCUT2D eigenvalue weighted by Gasteiger charge is 2.23. The van der Waals surface area contributed by atoms with Crippen LogP contribution in [0.2, 0.25) is 0 Å². The Morgan fingerprint density at radius 1 is 1.55 bits per heavy atom. The summed E-state index contributed by atoms with van der Waals surface area (Å²) in [5, 5.41) is 0. The van der Waals surface area contributed by atoms with Gasteiger partial charge in [-0.3, -0.25) is 4.90 Å². The predicted octanol–water partition coefficient (Wildman–Crippen LogP) is 1.31. The second-order valence-corrected chi connectivity index (χ2v) is 2.38. The summed E-state index contributed by atoms with van der Waals surface area (Å²) in [4.78, 5) is 13.4. The molecule has 0 aliphatic carbocycles. The Kier molecular flexibility index (Phi) is 1.68. The van der Waals surface area contributed by atoms with E-state index in [-0.39, 0.29) is 11.7 Å². The van der Waals surface area contributed by atoms with Crippen LogP contribution in [0.15, 0.2) is 24.3 Å². The second-order valence-electron chi connectivity index (χ2n) is 2.38. The van der Waals surface area contributed by atoms with E-state index in [2.05, 4.69) is 6.58 Å². The molecule has 0 unspecified atom stereocenters. The lowest BCUT2D eigenvalue weighted by molar-refractivity contribution is 0.191. The van der Waals surface area contributed by atoms with Crippen molar-refractivity contribution in [1.29, 1.82) is 0 Å². The topological polar surface area (TPSA) is 23.6 Å². The van der Waals surface area contributed by atoms with Gasteiger partial charge < -0.3 is 4.90 Å². The first-order valence-corrected chi connectivity index (χ1v) is 3.11. The van der Waals surface area contributed by atoms with E-state index in [0.29, 0.717) is 0 Å². The maximum Gasteiger partial charge on any atom is 0.328 e. The van der Waals surface area contributed by atoms with Crippen molar-refractivity contribution >= 4 is 6.03 Å². The number of allylic oxidation sites excluding steroid dienone is 1. The van der Waals surface area contributed by atoms with E-state index in [4.69, 9.17) is 0 Å². The van der Waals surface area contributed by atoms with Crippen LogP contribution in [0.4, 0.5) is 9.18 Å². The summed E-state index contributed by atoms with van der Waals surface area (Å²) in [6.45, 7) is 3.40. The van der Waals surface area contributed by atoms with Crippen molar-refractivity contribution in [1.82, 2.24) is 9.80 Å². The third-order valence-electron chi connectivity index (χ3n) is 1.58. The summed E-state index contributed by atoms with van der Waals surface area (Å²) >= 11 is 0. The second kappa shape index (κ2) is 2.38. The molecule has 1 aliphatic rings. The molecule has 1 heterocycles. The molecule has 2 amide bonds. The number of nitrogens with zero attached hydrogens (tertiary/aromatic N) is 2. The molecule has 0 bridgehead atoms. The zero-order chi connectivity index (χ0) is 8.59. The number of halogens is 1. The van der Waals surface area contributed by atoms with Gasteiger partial charge in [-0.1, -0.05) is 6.58 Å². The van der Waals surface area contributed by atoms with Crippen LogP contribution < -0.4 is 0 Å². The number of hydrogen-bond donors (Lipinski definition) is 0. The molecule has 0 N–H and O–H groups in total. The molecule has 0 radical (unpaired) electrons. The summed E-state index contributed by atoms with van der Waals surface area (Å²) in [5.74, 6) is -0.477. The molecule has 0 aromatic carbocycles. The predicted molar refractivity (Wildman–Crippen MR) is 39.3 cm³/mol. The summed E-state index contributed by atoms with van der Waals surface area (Å²) in [6, 6.07) is -0.281. The number of carbonyl (C=O) groups excluding carboxylic acids is 1. The van der Waals surface area contributed by atoms with Gasteiger partial charge in [0.05, 0.1) is 5.70 Å². The third-order valence-corrected chi connectivity index (χ3v) is 1.58. The Morgan fingerprint density at radius 3 is 2.64 bits per heavy atom. The molecule has 60 valence electrons. The lowest BCUT2D eigenvalue weighted by Crippen LogP contribution is -2.38. The van der Waals surface area contributed by atoms with Crippen LogP contribution in [0.3, 0.4) is 0 Å². The molecule has 0 saturated heterocycles. The Hall–Kier alpha value is -1.32. The van der Waals surface area contributed by atoms with E-state index in [1.807, 2.05) is 0 Å². The SMILES string of the molecule is C=C1C(F)=CN(C)C(=O)N1C. The first-order chi connectivity index (χ1) is 5.04. The summed E-state index contributed by atoms with van der Waals surface area (Å²) in [5.41, 5.74) is 0.105. The lowest BCUT2D eigenvalue weighted by Gasteiger charge is -2.27. The maximum atomic E-state index is 12.8. The van der Waals surface area contributed by atoms with Gasteiger partial charge in [-0.15, -0.1) is 0 Å². The van der Waals surface area contributed by atoms with Crippen molar-refractivity contribution < 1.29 is 9.18 Å². The Labute approximate surface area is 64.4 Å². The molecule has 1 aliphatic heterocycles. The fraction of sp³-hybridized carbons (Fsp3) is 0.286. The standard InChI is InChI=1S/C7H9FN2O/c1-5-6(8)4-9(2)7(11)10(5)3/h4H,1H2,2-3H3. The normalized spacial score (nSPS) is 19.0. The molecule has 11 heavy (non-hydrogen) atoms. The lowest BCUT2D eigenvalue weighted by atomic mass is 10.3. The van der Waals surface area contributed by atoms with E-state index >= 15 is 0 Å². The summed E-state index contributed by atoms with van der Waals surface area (Å²) in [7, 11) is 2.97. The zero-order valence-corrected chi connectivity index (χ0v) is 6.47. The molecule has 0 aromatic heterocycles. The van der Waals surface area contributed by atoms with Gasteiger partial charge in [0, 0.05) is 20.3 Å².